The van der Waals surface area contributed by atoms with Gasteiger partial charge in [0.15, 0.2) is 0 Å². The zero-order valence-electron chi connectivity index (χ0n) is 6.26. The first-order chi connectivity index (χ1) is 5.24. The van der Waals surface area contributed by atoms with E-state index in [1.54, 1.807) is 13.0 Å². The Hall–Kier alpha value is -0.570. The van der Waals surface area contributed by atoms with Crippen molar-refractivity contribution in [3.05, 3.63) is 22.2 Å². The molecule has 0 unspecified atom stereocenters. The lowest BCUT2D eigenvalue weighted by atomic mass is 10.2. The first-order valence-corrected chi connectivity index (χ1v) is 4.26. The van der Waals surface area contributed by atoms with E-state index in [1.165, 1.54) is 0 Å². The molecular weight excluding hydrogens is 208 g/mol. The molecule has 0 spiro atoms. The molecular formula is C8H9BrO2. The summed E-state index contributed by atoms with van der Waals surface area (Å²) in [6, 6.07) is 0. The van der Waals surface area contributed by atoms with Gasteiger partial charge in [-0.2, -0.15) is 0 Å². The Morgan fingerprint density at radius 3 is 3.00 bits per heavy atom. The van der Waals surface area contributed by atoms with Crippen LogP contribution >= 0.6 is 15.9 Å². The van der Waals surface area contributed by atoms with Gasteiger partial charge in [0.25, 0.3) is 0 Å². The van der Waals surface area contributed by atoms with Crippen molar-refractivity contribution >= 4 is 21.9 Å². The van der Waals surface area contributed by atoms with Gasteiger partial charge < -0.3 is 4.74 Å². The van der Waals surface area contributed by atoms with Crippen LogP contribution in [0.3, 0.4) is 0 Å². The molecule has 1 aliphatic carbocycles. The van der Waals surface area contributed by atoms with Crippen LogP contribution in [0.1, 0.15) is 13.3 Å². The van der Waals surface area contributed by atoms with Gasteiger partial charge in [0.2, 0.25) is 0 Å². The molecule has 1 rings (SSSR count). The number of hydrogen-bond acceptors (Lipinski definition) is 2. The Labute approximate surface area is 74.1 Å². The van der Waals surface area contributed by atoms with Crippen LogP contribution in [0.4, 0.5) is 0 Å². The SMILES string of the molecule is CCOC(=O)C1=CC(Br)=CC1. The minimum atomic E-state index is -0.210. The normalized spacial score (nSPS) is 15.8. The summed E-state index contributed by atoms with van der Waals surface area (Å²) >= 11 is 3.28. The minimum Gasteiger partial charge on any atom is -0.463 e. The van der Waals surface area contributed by atoms with Crippen LogP contribution in [0.25, 0.3) is 0 Å². The van der Waals surface area contributed by atoms with Crippen LogP contribution in [-0.2, 0) is 9.53 Å². The fourth-order valence-corrected chi connectivity index (χ4v) is 1.30. The van der Waals surface area contributed by atoms with Crippen LogP contribution in [0.2, 0.25) is 0 Å². The fourth-order valence-electron chi connectivity index (χ4n) is 0.858. The Bertz CT molecular complexity index is 228. The summed E-state index contributed by atoms with van der Waals surface area (Å²) in [5.74, 6) is -0.210. The molecule has 0 aromatic carbocycles. The third-order valence-corrected chi connectivity index (χ3v) is 1.92. The van der Waals surface area contributed by atoms with Gasteiger partial charge in [0.05, 0.1) is 6.61 Å². The third-order valence-electron chi connectivity index (χ3n) is 1.37. The van der Waals surface area contributed by atoms with Gasteiger partial charge in [-0.15, -0.1) is 0 Å². The molecule has 0 amide bonds. The van der Waals surface area contributed by atoms with E-state index >= 15 is 0 Å². The van der Waals surface area contributed by atoms with Crippen molar-refractivity contribution in [3.8, 4) is 0 Å². The van der Waals surface area contributed by atoms with Gasteiger partial charge in [-0.3, -0.25) is 0 Å². The lowest BCUT2D eigenvalue weighted by Gasteiger charge is -1.99. The molecule has 0 aromatic rings. The van der Waals surface area contributed by atoms with E-state index < -0.39 is 0 Å². The average Bonchev–Trinajstić information content (AvgIpc) is 2.36. The molecule has 60 valence electrons. The Morgan fingerprint density at radius 2 is 2.55 bits per heavy atom. The van der Waals surface area contributed by atoms with Gasteiger partial charge in [-0.05, 0) is 19.4 Å². The Balaban J connectivity index is 2.52. The predicted molar refractivity (Wildman–Crippen MR) is 46.3 cm³/mol. The molecule has 1 aliphatic rings. The highest BCUT2D eigenvalue weighted by molar-refractivity contribution is 9.11. The summed E-state index contributed by atoms with van der Waals surface area (Å²) in [5.41, 5.74) is 0.721. The topological polar surface area (TPSA) is 26.3 Å². The summed E-state index contributed by atoms with van der Waals surface area (Å²) in [6.45, 7) is 2.24. The molecule has 0 heterocycles. The number of carbonyl (C=O) groups excluding carboxylic acids is 1. The van der Waals surface area contributed by atoms with Crippen molar-refractivity contribution in [3.63, 3.8) is 0 Å². The lowest BCUT2D eigenvalue weighted by molar-refractivity contribution is -0.138. The highest BCUT2D eigenvalue weighted by atomic mass is 79.9. The van der Waals surface area contributed by atoms with E-state index in [4.69, 9.17) is 4.74 Å². The van der Waals surface area contributed by atoms with E-state index in [-0.39, 0.29) is 5.97 Å². The van der Waals surface area contributed by atoms with Gasteiger partial charge in [0.1, 0.15) is 0 Å². The van der Waals surface area contributed by atoms with E-state index in [9.17, 15) is 4.79 Å². The second-order valence-electron chi connectivity index (χ2n) is 2.18. The predicted octanol–water partition coefficient (Wildman–Crippen LogP) is 2.16. The molecule has 0 N–H and O–H groups in total. The molecule has 0 bridgehead atoms. The number of allylic oxidation sites excluding steroid dienone is 3. The molecule has 2 nitrogen and oxygen atoms in total. The number of carbonyl (C=O) groups is 1. The number of rotatable bonds is 2. The van der Waals surface area contributed by atoms with Crippen LogP contribution in [0, 0.1) is 0 Å². The highest BCUT2D eigenvalue weighted by Crippen LogP contribution is 2.22. The molecule has 0 radical (unpaired) electrons. The molecule has 0 saturated heterocycles. The number of hydrogen-bond donors (Lipinski definition) is 0. The molecule has 3 heteroatoms. The monoisotopic (exact) mass is 216 g/mol. The fraction of sp³-hybridized carbons (Fsp3) is 0.375. The maximum atomic E-state index is 11.0. The Kier molecular flexibility index (Phi) is 2.88. The summed E-state index contributed by atoms with van der Waals surface area (Å²) in [7, 11) is 0. The van der Waals surface area contributed by atoms with Gasteiger partial charge >= 0.3 is 5.97 Å². The summed E-state index contributed by atoms with van der Waals surface area (Å²) in [6.07, 6.45) is 4.41. The largest absolute Gasteiger partial charge is 0.463 e. The number of esters is 1. The Morgan fingerprint density at radius 1 is 1.82 bits per heavy atom. The molecule has 11 heavy (non-hydrogen) atoms. The molecule has 0 atom stereocenters. The second kappa shape index (κ2) is 3.72. The highest BCUT2D eigenvalue weighted by Gasteiger charge is 2.13. The summed E-state index contributed by atoms with van der Waals surface area (Å²) in [4.78, 5) is 11.0. The van der Waals surface area contributed by atoms with Gasteiger partial charge in [-0.25, -0.2) is 4.79 Å². The first-order valence-electron chi connectivity index (χ1n) is 3.47. The van der Waals surface area contributed by atoms with Crippen LogP contribution in [-0.4, -0.2) is 12.6 Å². The second-order valence-corrected chi connectivity index (χ2v) is 3.10. The molecule has 0 aliphatic heterocycles. The third kappa shape index (κ3) is 2.19. The number of ether oxygens (including phenoxy) is 1. The van der Waals surface area contributed by atoms with Crippen molar-refractivity contribution in [1.29, 1.82) is 0 Å². The van der Waals surface area contributed by atoms with Crippen molar-refractivity contribution in [2.75, 3.05) is 6.61 Å². The van der Waals surface area contributed by atoms with Crippen LogP contribution in [0.5, 0.6) is 0 Å². The summed E-state index contributed by atoms with van der Waals surface area (Å²) in [5, 5.41) is 0. The van der Waals surface area contributed by atoms with E-state index in [1.807, 2.05) is 6.08 Å². The quantitative estimate of drug-likeness (QED) is 0.662. The zero-order chi connectivity index (χ0) is 8.27. The van der Waals surface area contributed by atoms with Gasteiger partial charge in [-0.1, -0.05) is 22.0 Å². The standard InChI is InChI=1S/C8H9BrO2/c1-2-11-8(10)6-3-4-7(9)5-6/h4-5H,2-3H2,1H3. The smallest absolute Gasteiger partial charge is 0.334 e. The lowest BCUT2D eigenvalue weighted by Crippen LogP contribution is -2.05. The van der Waals surface area contributed by atoms with E-state index in [0.717, 1.165) is 10.1 Å². The van der Waals surface area contributed by atoms with Crippen LogP contribution < -0.4 is 0 Å². The minimum absolute atomic E-state index is 0.210. The zero-order valence-corrected chi connectivity index (χ0v) is 7.85. The van der Waals surface area contributed by atoms with E-state index in [2.05, 4.69) is 15.9 Å². The average molecular weight is 217 g/mol. The number of halogens is 1. The maximum absolute atomic E-state index is 11.0. The van der Waals surface area contributed by atoms with Crippen molar-refractivity contribution in [2.24, 2.45) is 0 Å². The van der Waals surface area contributed by atoms with Crippen molar-refractivity contribution in [1.82, 2.24) is 0 Å². The molecule has 0 aromatic heterocycles. The molecule has 0 fully saturated rings. The van der Waals surface area contributed by atoms with Crippen LogP contribution in [0.15, 0.2) is 22.2 Å². The van der Waals surface area contributed by atoms with E-state index in [0.29, 0.717) is 13.0 Å². The van der Waals surface area contributed by atoms with Crippen molar-refractivity contribution < 1.29 is 9.53 Å². The van der Waals surface area contributed by atoms with Crippen molar-refractivity contribution in [2.45, 2.75) is 13.3 Å². The first kappa shape index (κ1) is 8.53. The van der Waals surface area contributed by atoms with Gasteiger partial charge in [0, 0.05) is 10.1 Å². The summed E-state index contributed by atoms with van der Waals surface area (Å²) < 4.78 is 5.77. The molecule has 0 saturated carbocycles. The maximum Gasteiger partial charge on any atom is 0.334 e.